The minimum atomic E-state index is -4.72. The number of nitrogens with zero attached hydrogens (tertiary/aromatic N) is 1. The molecule has 0 aromatic heterocycles. The van der Waals surface area contributed by atoms with Gasteiger partial charge in [0, 0.05) is 20.2 Å². The van der Waals surface area contributed by atoms with Crippen LogP contribution in [-0.4, -0.2) is 54.5 Å². The smallest absolute Gasteiger partial charge is 0.403 e. The molecular weight excluding hydrogens is 251 g/mol. The maximum Gasteiger partial charge on any atom is 0.403 e. The second-order valence-corrected chi connectivity index (χ2v) is 4.93. The second kappa shape index (κ2) is 5.44. The van der Waals surface area contributed by atoms with E-state index >= 15 is 0 Å². The number of alkyl halides is 3. The zero-order valence-electron chi connectivity index (χ0n) is 10.5. The first kappa shape index (κ1) is 15.2. The fraction of sp³-hybridized carbons (Fsp3) is 0.909. The highest BCUT2D eigenvalue weighted by Gasteiger charge is 2.46. The van der Waals surface area contributed by atoms with Crippen LogP contribution in [0.4, 0.5) is 13.2 Å². The van der Waals surface area contributed by atoms with E-state index in [-0.39, 0.29) is 0 Å². The maximum absolute atomic E-state index is 12.6. The van der Waals surface area contributed by atoms with E-state index in [4.69, 9.17) is 9.84 Å². The van der Waals surface area contributed by atoms with Crippen LogP contribution in [0.2, 0.25) is 0 Å². The van der Waals surface area contributed by atoms with Gasteiger partial charge >= 0.3 is 12.1 Å². The lowest BCUT2D eigenvalue weighted by Crippen LogP contribution is -2.51. The van der Waals surface area contributed by atoms with Gasteiger partial charge in [0.2, 0.25) is 0 Å². The summed E-state index contributed by atoms with van der Waals surface area (Å²) in [7, 11) is 1.52. The number of piperidine rings is 1. The molecule has 0 amide bonds. The Balaban J connectivity index is 2.68. The Morgan fingerprint density at radius 2 is 2.17 bits per heavy atom. The van der Waals surface area contributed by atoms with E-state index in [0.29, 0.717) is 19.5 Å². The number of likely N-dealkylation sites (tertiary alicyclic amines) is 1. The second-order valence-electron chi connectivity index (χ2n) is 4.93. The summed E-state index contributed by atoms with van der Waals surface area (Å²) in [5, 5.41) is 8.65. The Labute approximate surface area is 104 Å². The van der Waals surface area contributed by atoms with Crippen LogP contribution in [0.1, 0.15) is 19.8 Å². The van der Waals surface area contributed by atoms with Gasteiger partial charge in [-0.15, -0.1) is 0 Å². The van der Waals surface area contributed by atoms with E-state index in [1.165, 1.54) is 12.0 Å². The highest BCUT2D eigenvalue weighted by molar-refractivity contribution is 5.71. The van der Waals surface area contributed by atoms with Crippen molar-refractivity contribution in [1.29, 1.82) is 0 Å². The molecule has 2 unspecified atom stereocenters. The molecule has 0 aliphatic carbocycles. The number of carbonyl (C=O) groups is 1. The van der Waals surface area contributed by atoms with Gasteiger partial charge in [-0.1, -0.05) is 0 Å². The molecule has 1 saturated heterocycles. The molecule has 1 fully saturated rings. The Kier molecular flexibility index (Phi) is 4.61. The highest BCUT2D eigenvalue weighted by Crippen LogP contribution is 2.30. The molecule has 0 spiro atoms. The molecule has 0 saturated carbocycles. The van der Waals surface area contributed by atoms with Crippen LogP contribution in [0.15, 0.2) is 0 Å². The molecule has 7 heteroatoms. The van der Waals surface area contributed by atoms with Crippen molar-refractivity contribution in [3.8, 4) is 0 Å². The SMILES string of the molecule is COC1(C)CCCN(CC(C(=O)O)C(F)(F)F)C1. The normalized spacial score (nSPS) is 28.1. The minimum Gasteiger partial charge on any atom is -0.481 e. The number of hydrogen-bond acceptors (Lipinski definition) is 3. The highest BCUT2D eigenvalue weighted by atomic mass is 19.4. The van der Waals surface area contributed by atoms with E-state index in [9.17, 15) is 18.0 Å². The molecule has 0 bridgehead atoms. The van der Waals surface area contributed by atoms with Gasteiger partial charge in [-0.25, -0.2) is 0 Å². The lowest BCUT2D eigenvalue weighted by molar-refractivity contribution is -0.198. The average Bonchev–Trinajstić information content (AvgIpc) is 2.24. The lowest BCUT2D eigenvalue weighted by atomic mass is 9.94. The summed E-state index contributed by atoms with van der Waals surface area (Å²) >= 11 is 0. The fourth-order valence-electron chi connectivity index (χ4n) is 2.21. The minimum absolute atomic E-state index is 0.323. The third-order valence-electron chi connectivity index (χ3n) is 3.36. The van der Waals surface area contributed by atoms with Gasteiger partial charge < -0.3 is 9.84 Å². The summed E-state index contributed by atoms with van der Waals surface area (Å²) in [6.45, 7) is 2.10. The van der Waals surface area contributed by atoms with Gasteiger partial charge in [0.15, 0.2) is 5.92 Å². The standard InChI is InChI=1S/C11H18F3NO3/c1-10(18-2)4-3-5-15(7-10)6-8(9(16)17)11(12,13)14/h8H,3-7H2,1-2H3,(H,16,17). The number of ether oxygens (including phenoxy) is 1. The Hall–Kier alpha value is -0.820. The van der Waals surface area contributed by atoms with Crippen molar-refractivity contribution in [3.05, 3.63) is 0 Å². The van der Waals surface area contributed by atoms with Crippen LogP contribution >= 0.6 is 0 Å². The summed E-state index contributed by atoms with van der Waals surface area (Å²) in [5.41, 5.74) is -0.493. The molecule has 1 heterocycles. The molecule has 4 nitrogen and oxygen atoms in total. The Morgan fingerprint density at radius 3 is 2.61 bits per heavy atom. The topological polar surface area (TPSA) is 49.8 Å². The number of rotatable bonds is 4. The van der Waals surface area contributed by atoms with Crippen molar-refractivity contribution in [2.24, 2.45) is 5.92 Å². The first-order valence-corrected chi connectivity index (χ1v) is 5.75. The fourth-order valence-corrected chi connectivity index (χ4v) is 2.21. The molecule has 1 aliphatic rings. The van der Waals surface area contributed by atoms with Crippen molar-refractivity contribution in [3.63, 3.8) is 0 Å². The van der Waals surface area contributed by atoms with Crippen LogP contribution < -0.4 is 0 Å². The van der Waals surface area contributed by atoms with Gasteiger partial charge in [-0.2, -0.15) is 13.2 Å². The predicted octanol–water partition coefficient (Wildman–Crippen LogP) is 1.75. The van der Waals surface area contributed by atoms with Crippen LogP contribution in [-0.2, 0) is 9.53 Å². The molecule has 2 atom stereocenters. The van der Waals surface area contributed by atoms with Gasteiger partial charge in [0.1, 0.15) is 0 Å². The van der Waals surface area contributed by atoms with Crippen LogP contribution in [0.3, 0.4) is 0 Å². The summed E-state index contributed by atoms with van der Waals surface area (Å²) < 4.78 is 43.0. The lowest BCUT2D eigenvalue weighted by Gasteiger charge is -2.40. The summed E-state index contributed by atoms with van der Waals surface area (Å²) in [6.07, 6.45) is -3.24. The summed E-state index contributed by atoms with van der Waals surface area (Å²) in [4.78, 5) is 12.2. The van der Waals surface area contributed by atoms with Crippen molar-refractivity contribution < 1.29 is 27.8 Å². The maximum atomic E-state index is 12.6. The molecule has 106 valence electrons. The predicted molar refractivity (Wildman–Crippen MR) is 58.3 cm³/mol. The number of carboxylic acid groups (broad SMARTS) is 1. The van der Waals surface area contributed by atoms with Crippen molar-refractivity contribution >= 4 is 5.97 Å². The van der Waals surface area contributed by atoms with E-state index in [0.717, 1.165) is 6.42 Å². The number of carboxylic acids is 1. The van der Waals surface area contributed by atoms with E-state index in [1.807, 2.05) is 6.92 Å². The molecule has 1 N–H and O–H groups in total. The van der Waals surface area contributed by atoms with Crippen molar-refractivity contribution in [2.45, 2.75) is 31.5 Å². The third kappa shape index (κ3) is 3.84. The molecule has 18 heavy (non-hydrogen) atoms. The van der Waals surface area contributed by atoms with E-state index in [1.54, 1.807) is 0 Å². The van der Waals surface area contributed by atoms with Crippen molar-refractivity contribution in [2.75, 3.05) is 26.7 Å². The van der Waals surface area contributed by atoms with E-state index in [2.05, 4.69) is 0 Å². The summed E-state index contributed by atoms with van der Waals surface area (Å²) in [6, 6.07) is 0. The first-order chi connectivity index (χ1) is 8.18. The average molecular weight is 269 g/mol. The number of halogens is 3. The Morgan fingerprint density at radius 1 is 1.56 bits per heavy atom. The molecular formula is C11H18F3NO3. The zero-order chi connectivity index (χ0) is 14.0. The largest absolute Gasteiger partial charge is 0.481 e. The van der Waals surface area contributed by atoms with Gasteiger partial charge in [-0.05, 0) is 26.3 Å². The summed E-state index contributed by atoms with van der Waals surface area (Å²) in [5.74, 6) is -4.16. The van der Waals surface area contributed by atoms with Crippen LogP contribution in [0.25, 0.3) is 0 Å². The number of aliphatic carboxylic acids is 1. The monoisotopic (exact) mass is 269 g/mol. The first-order valence-electron chi connectivity index (χ1n) is 5.75. The van der Waals surface area contributed by atoms with E-state index < -0.39 is 30.2 Å². The number of hydrogen-bond donors (Lipinski definition) is 1. The molecule has 1 rings (SSSR count). The quantitative estimate of drug-likeness (QED) is 0.844. The molecule has 0 radical (unpaired) electrons. The van der Waals surface area contributed by atoms with Crippen LogP contribution in [0.5, 0.6) is 0 Å². The van der Waals surface area contributed by atoms with Crippen LogP contribution in [0, 0.1) is 5.92 Å². The van der Waals surface area contributed by atoms with Gasteiger partial charge in [-0.3, -0.25) is 9.69 Å². The molecule has 1 aliphatic heterocycles. The number of methoxy groups -OCH3 is 1. The van der Waals surface area contributed by atoms with Gasteiger partial charge in [0.25, 0.3) is 0 Å². The zero-order valence-corrected chi connectivity index (χ0v) is 10.5. The molecule has 0 aromatic carbocycles. The molecule has 0 aromatic rings. The van der Waals surface area contributed by atoms with Gasteiger partial charge in [0.05, 0.1) is 5.60 Å². The third-order valence-corrected chi connectivity index (χ3v) is 3.36. The van der Waals surface area contributed by atoms with Crippen molar-refractivity contribution in [1.82, 2.24) is 4.90 Å². The Bertz CT molecular complexity index is 308.